The summed E-state index contributed by atoms with van der Waals surface area (Å²) >= 11 is 0. The highest BCUT2D eigenvalue weighted by atomic mass is 19.4. The van der Waals surface area contributed by atoms with Crippen molar-refractivity contribution >= 4 is 6.29 Å². The summed E-state index contributed by atoms with van der Waals surface area (Å²) < 4.78 is 43.8. The number of rotatable bonds is 5. The molecule has 0 aliphatic heterocycles. The first-order chi connectivity index (χ1) is 10.0. The Morgan fingerprint density at radius 1 is 1.00 bits per heavy atom. The van der Waals surface area contributed by atoms with Gasteiger partial charge in [0.05, 0.1) is 5.56 Å². The molecule has 0 atom stereocenters. The number of hydrogen-bond donors (Lipinski definition) is 0. The Kier molecular flexibility index (Phi) is 4.62. The Labute approximate surface area is 120 Å². The van der Waals surface area contributed by atoms with Gasteiger partial charge in [-0.1, -0.05) is 30.3 Å². The lowest BCUT2D eigenvalue weighted by Crippen LogP contribution is -2.10. The molecule has 0 aromatic heterocycles. The number of benzene rings is 2. The standard InChI is InChI=1S/C16H13F3O2/c17-16(18,19)15-4-2-1-3-13(15)11-21-14-7-5-12(6-8-14)9-10-20/h1-8,10H,9,11H2. The number of alkyl halides is 3. The van der Waals surface area contributed by atoms with E-state index in [4.69, 9.17) is 4.74 Å². The molecular weight excluding hydrogens is 281 g/mol. The fraction of sp³-hybridized carbons (Fsp3) is 0.188. The van der Waals surface area contributed by atoms with Crippen LogP contribution in [0.2, 0.25) is 0 Å². The van der Waals surface area contributed by atoms with Crippen LogP contribution in [-0.4, -0.2) is 6.29 Å². The summed E-state index contributed by atoms with van der Waals surface area (Å²) in [5.41, 5.74) is 0.220. The van der Waals surface area contributed by atoms with Gasteiger partial charge in [-0.25, -0.2) is 0 Å². The van der Waals surface area contributed by atoms with Gasteiger partial charge in [-0.2, -0.15) is 13.2 Å². The lowest BCUT2D eigenvalue weighted by atomic mass is 10.1. The highest BCUT2D eigenvalue weighted by Gasteiger charge is 2.32. The van der Waals surface area contributed by atoms with Crippen LogP contribution in [0.3, 0.4) is 0 Å². The molecule has 5 heteroatoms. The van der Waals surface area contributed by atoms with E-state index in [-0.39, 0.29) is 12.2 Å². The normalized spacial score (nSPS) is 11.2. The van der Waals surface area contributed by atoms with Crippen molar-refractivity contribution in [1.82, 2.24) is 0 Å². The minimum Gasteiger partial charge on any atom is -0.489 e. The van der Waals surface area contributed by atoms with Gasteiger partial charge < -0.3 is 9.53 Å². The van der Waals surface area contributed by atoms with E-state index in [1.54, 1.807) is 30.3 Å². The molecule has 0 N–H and O–H groups in total. The summed E-state index contributed by atoms with van der Waals surface area (Å²) in [4.78, 5) is 10.4. The van der Waals surface area contributed by atoms with Gasteiger partial charge in [-0.05, 0) is 23.8 Å². The van der Waals surface area contributed by atoms with Gasteiger partial charge in [-0.15, -0.1) is 0 Å². The van der Waals surface area contributed by atoms with Crippen molar-refractivity contribution in [3.05, 3.63) is 65.2 Å². The molecule has 0 saturated carbocycles. The SMILES string of the molecule is O=CCc1ccc(OCc2ccccc2C(F)(F)F)cc1. The molecule has 2 nitrogen and oxygen atoms in total. The van der Waals surface area contributed by atoms with Crippen molar-refractivity contribution in [3.63, 3.8) is 0 Å². The molecule has 0 fully saturated rings. The number of halogens is 3. The maximum absolute atomic E-state index is 12.8. The molecule has 0 aliphatic carbocycles. The molecule has 21 heavy (non-hydrogen) atoms. The van der Waals surface area contributed by atoms with Crippen LogP contribution < -0.4 is 4.74 Å². The van der Waals surface area contributed by atoms with Gasteiger partial charge >= 0.3 is 6.18 Å². The summed E-state index contributed by atoms with van der Waals surface area (Å²) in [7, 11) is 0. The molecule has 0 saturated heterocycles. The highest BCUT2D eigenvalue weighted by Crippen LogP contribution is 2.32. The summed E-state index contributed by atoms with van der Waals surface area (Å²) in [6, 6.07) is 12.0. The third-order valence-corrected chi connectivity index (χ3v) is 2.96. The van der Waals surface area contributed by atoms with E-state index >= 15 is 0 Å². The summed E-state index contributed by atoms with van der Waals surface area (Å²) in [6.07, 6.45) is -3.31. The van der Waals surface area contributed by atoms with E-state index in [1.807, 2.05) is 0 Å². The van der Waals surface area contributed by atoms with Gasteiger partial charge in [0.2, 0.25) is 0 Å². The van der Waals surface area contributed by atoms with Crippen LogP contribution in [0.5, 0.6) is 5.75 Å². The Morgan fingerprint density at radius 3 is 2.29 bits per heavy atom. The molecule has 0 bridgehead atoms. The monoisotopic (exact) mass is 294 g/mol. The second-order valence-corrected chi connectivity index (χ2v) is 4.46. The smallest absolute Gasteiger partial charge is 0.416 e. The summed E-state index contributed by atoms with van der Waals surface area (Å²) in [5, 5.41) is 0. The highest BCUT2D eigenvalue weighted by molar-refractivity contribution is 5.55. The Morgan fingerprint density at radius 2 is 1.67 bits per heavy atom. The van der Waals surface area contributed by atoms with Crippen LogP contribution >= 0.6 is 0 Å². The first kappa shape index (κ1) is 15.1. The second-order valence-electron chi connectivity index (χ2n) is 4.46. The van der Waals surface area contributed by atoms with Crippen LogP contribution in [0.1, 0.15) is 16.7 Å². The Hall–Kier alpha value is -2.30. The molecule has 0 radical (unpaired) electrons. The van der Waals surface area contributed by atoms with Gasteiger partial charge in [0.1, 0.15) is 18.6 Å². The van der Waals surface area contributed by atoms with Crippen molar-refractivity contribution < 1.29 is 22.7 Å². The van der Waals surface area contributed by atoms with Gasteiger partial charge in [-0.3, -0.25) is 0 Å². The van der Waals surface area contributed by atoms with Crippen LogP contribution in [0.25, 0.3) is 0 Å². The predicted octanol–water partition coefficient (Wildman–Crippen LogP) is 4.03. The first-order valence-electron chi connectivity index (χ1n) is 6.31. The predicted molar refractivity (Wildman–Crippen MR) is 72.0 cm³/mol. The molecule has 2 rings (SSSR count). The zero-order valence-electron chi connectivity index (χ0n) is 11.1. The number of carbonyl (C=O) groups excluding carboxylic acids is 1. The van der Waals surface area contributed by atoms with Gasteiger partial charge in [0.15, 0.2) is 0 Å². The van der Waals surface area contributed by atoms with Gasteiger partial charge in [0, 0.05) is 12.0 Å². The maximum atomic E-state index is 12.8. The molecule has 110 valence electrons. The van der Waals surface area contributed by atoms with E-state index in [1.165, 1.54) is 12.1 Å². The Balaban J connectivity index is 2.08. The molecule has 0 aliphatic rings. The van der Waals surface area contributed by atoms with Crippen molar-refractivity contribution in [2.24, 2.45) is 0 Å². The van der Waals surface area contributed by atoms with Crippen LogP contribution in [0.15, 0.2) is 48.5 Å². The largest absolute Gasteiger partial charge is 0.489 e. The van der Waals surface area contributed by atoms with E-state index in [9.17, 15) is 18.0 Å². The fourth-order valence-corrected chi connectivity index (χ4v) is 1.90. The molecule has 0 unspecified atom stereocenters. The van der Waals surface area contributed by atoms with E-state index in [0.717, 1.165) is 17.9 Å². The maximum Gasteiger partial charge on any atom is 0.416 e. The topological polar surface area (TPSA) is 26.3 Å². The lowest BCUT2D eigenvalue weighted by Gasteiger charge is -2.13. The molecule has 2 aromatic rings. The van der Waals surface area contributed by atoms with Crippen molar-refractivity contribution in [2.75, 3.05) is 0 Å². The third-order valence-electron chi connectivity index (χ3n) is 2.96. The van der Waals surface area contributed by atoms with Crippen molar-refractivity contribution in [1.29, 1.82) is 0 Å². The van der Waals surface area contributed by atoms with Crippen LogP contribution in [0.4, 0.5) is 13.2 Å². The number of carbonyl (C=O) groups is 1. The minimum absolute atomic E-state index is 0.0852. The second kappa shape index (κ2) is 6.43. The van der Waals surface area contributed by atoms with Crippen LogP contribution in [-0.2, 0) is 24.0 Å². The summed E-state index contributed by atoms with van der Waals surface area (Å²) in [5.74, 6) is 0.460. The molecular formula is C16H13F3O2. The van der Waals surface area contributed by atoms with Crippen LogP contribution in [0, 0.1) is 0 Å². The number of aldehydes is 1. The molecule has 0 heterocycles. The average molecular weight is 294 g/mol. The van der Waals surface area contributed by atoms with E-state index < -0.39 is 11.7 Å². The Bertz CT molecular complexity index is 604. The lowest BCUT2D eigenvalue weighted by molar-refractivity contribution is -0.138. The fourth-order valence-electron chi connectivity index (χ4n) is 1.90. The van der Waals surface area contributed by atoms with Gasteiger partial charge in [0.25, 0.3) is 0 Å². The quantitative estimate of drug-likeness (QED) is 0.778. The minimum atomic E-state index is -4.40. The first-order valence-corrected chi connectivity index (χ1v) is 6.31. The molecule has 0 spiro atoms. The number of ether oxygens (including phenoxy) is 1. The van der Waals surface area contributed by atoms with E-state index in [2.05, 4.69) is 0 Å². The zero-order valence-corrected chi connectivity index (χ0v) is 11.1. The average Bonchev–Trinajstić information content (AvgIpc) is 2.46. The number of hydrogen-bond acceptors (Lipinski definition) is 2. The third kappa shape index (κ3) is 4.08. The van der Waals surface area contributed by atoms with Crippen molar-refractivity contribution in [2.45, 2.75) is 19.2 Å². The van der Waals surface area contributed by atoms with Crippen molar-refractivity contribution in [3.8, 4) is 5.75 Å². The molecule has 0 amide bonds. The van der Waals surface area contributed by atoms with E-state index in [0.29, 0.717) is 12.2 Å². The zero-order chi connectivity index (χ0) is 15.3. The molecule has 2 aromatic carbocycles. The summed E-state index contributed by atoms with van der Waals surface area (Å²) in [6.45, 7) is -0.164.